The Balaban J connectivity index is 2.20. The van der Waals surface area contributed by atoms with Crippen molar-refractivity contribution in [1.29, 1.82) is 5.26 Å². The van der Waals surface area contributed by atoms with Gasteiger partial charge >= 0.3 is 0 Å². The van der Waals surface area contributed by atoms with Gasteiger partial charge in [0.15, 0.2) is 6.19 Å². The van der Waals surface area contributed by atoms with Crippen LogP contribution in [0, 0.1) is 18.4 Å². The molecular weight excluding hydrogens is 226 g/mol. The molecule has 0 saturated heterocycles. The van der Waals surface area contributed by atoms with E-state index in [4.69, 9.17) is 4.52 Å². The first kappa shape index (κ1) is 12.2. The maximum atomic E-state index is 9.23. The minimum atomic E-state index is 0.432. The van der Waals surface area contributed by atoms with E-state index in [2.05, 4.69) is 24.3 Å². The molecule has 0 radical (unpaired) electrons. The van der Waals surface area contributed by atoms with Crippen molar-refractivity contribution in [2.75, 3.05) is 4.90 Å². The number of rotatable bonds is 4. The van der Waals surface area contributed by atoms with E-state index >= 15 is 0 Å². The average Bonchev–Trinajstić information content (AvgIpc) is 2.81. The molecule has 2 rings (SSSR count). The van der Waals surface area contributed by atoms with E-state index in [1.54, 1.807) is 4.90 Å². The molecule has 92 valence electrons. The van der Waals surface area contributed by atoms with Crippen LogP contribution in [0.15, 0.2) is 34.9 Å². The van der Waals surface area contributed by atoms with Crippen molar-refractivity contribution in [2.24, 2.45) is 0 Å². The molecule has 0 unspecified atom stereocenters. The van der Waals surface area contributed by atoms with E-state index in [0.717, 1.165) is 23.6 Å². The Hall–Kier alpha value is -2.28. The van der Waals surface area contributed by atoms with Crippen molar-refractivity contribution in [3.8, 4) is 6.19 Å². The lowest BCUT2D eigenvalue weighted by atomic mass is 10.1. The van der Waals surface area contributed by atoms with Crippen molar-refractivity contribution in [3.05, 3.63) is 47.3 Å². The zero-order chi connectivity index (χ0) is 13.0. The molecule has 0 aliphatic rings. The second-order valence-corrected chi connectivity index (χ2v) is 4.14. The van der Waals surface area contributed by atoms with Crippen LogP contribution in [-0.4, -0.2) is 5.16 Å². The summed E-state index contributed by atoms with van der Waals surface area (Å²) >= 11 is 0. The molecule has 4 heteroatoms. The van der Waals surface area contributed by atoms with Gasteiger partial charge in [-0.2, -0.15) is 5.26 Å². The molecule has 0 aliphatic carbocycles. The van der Waals surface area contributed by atoms with E-state index < -0.39 is 0 Å². The lowest BCUT2D eigenvalue weighted by Crippen LogP contribution is -2.16. The number of benzene rings is 1. The molecule has 2 aromatic rings. The van der Waals surface area contributed by atoms with E-state index in [-0.39, 0.29) is 0 Å². The lowest BCUT2D eigenvalue weighted by Gasteiger charge is -2.14. The Kier molecular flexibility index (Phi) is 3.63. The highest BCUT2D eigenvalue weighted by molar-refractivity contribution is 5.52. The van der Waals surface area contributed by atoms with Gasteiger partial charge in [0.1, 0.15) is 11.5 Å². The fourth-order valence-corrected chi connectivity index (χ4v) is 1.78. The predicted octanol–water partition coefficient (Wildman–Crippen LogP) is 3.03. The molecule has 1 aromatic carbocycles. The quantitative estimate of drug-likeness (QED) is 0.610. The minimum absolute atomic E-state index is 0.432. The first-order chi connectivity index (χ1) is 8.72. The standard InChI is InChI=1S/C14H15N3O/c1-3-12-5-4-6-14(8-12)17(10-15)9-13-7-11(2)18-16-13/h4-8H,3,9H2,1-2H3. The van der Waals surface area contributed by atoms with Crippen LogP contribution in [0.4, 0.5) is 5.69 Å². The predicted molar refractivity (Wildman–Crippen MR) is 68.9 cm³/mol. The summed E-state index contributed by atoms with van der Waals surface area (Å²) < 4.78 is 5.00. The largest absolute Gasteiger partial charge is 0.361 e. The van der Waals surface area contributed by atoms with Crippen molar-refractivity contribution >= 4 is 5.69 Å². The van der Waals surface area contributed by atoms with Crippen LogP contribution in [0.2, 0.25) is 0 Å². The third-order valence-corrected chi connectivity index (χ3v) is 2.75. The highest BCUT2D eigenvalue weighted by Gasteiger charge is 2.09. The molecule has 1 heterocycles. The molecule has 0 N–H and O–H groups in total. The number of nitriles is 1. The Morgan fingerprint density at radius 2 is 2.22 bits per heavy atom. The fourth-order valence-electron chi connectivity index (χ4n) is 1.78. The maximum Gasteiger partial charge on any atom is 0.184 e. The second-order valence-electron chi connectivity index (χ2n) is 4.14. The molecule has 18 heavy (non-hydrogen) atoms. The molecule has 0 atom stereocenters. The third kappa shape index (κ3) is 2.69. The van der Waals surface area contributed by atoms with Crippen LogP contribution in [0.1, 0.15) is 23.9 Å². The highest BCUT2D eigenvalue weighted by Crippen LogP contribution is 2.18. The molecular formula is C14H15N3O. The third-order valence-electron chi connectivity index (χ3n) is 2.75. The summed E-state index contributed by atoms with van der Waals surface area (Å²) in [7, 11) is 0. The SMILES string of the molecule is CCc1cccc(N(C#N)Cc2cc(C)on2)c1. The van der Waals surface area contributed by atoms with Gasteiger partial charge in [-0.1, -0.05) is 24.2 Å². The van der Waals surface area contributed by atoms with Gasteiger partial charge in [-0.25, -0.2) is 0 Å². The topological polar surface area (TPSA) is 53.1 Å². The summed E-state index contributed by atoms with van der Waals surface area (Å²) in [5, 5.41) is 13.1. The van der Waals surface area contributed by atoms with Gasteiger partial charge in [-0.15, -0.1) is 0 Å². The van der Waals surface area contributed by atoms with E-state index in [0.29, 0.717) is 6.54 Å². The monoisotopic (exact) mass is 241 g/mol. The van der Waals surface area contributed by atoms with Gasteiger partial charge in [0.25, 0.3) is 0 Å². The number of anilines is 1. The van der Waals surface area contributed by atoms with Gasteiger partial charge in [0, 0.05) is 6.07 Å². The second kappa shape index (κ2) is 5.37. The first-order valence-corrected chi connectivity index (χ1v) is 5.91. The molecule has 4 nitrogen and oxygen atoms in total. The van der Waals surface area contributed by atoms with Crippen LogP contribution >= 0.6 is 0 Å². The van der Waals surface area contributed by atoms with E-state index in [1.165, 1.54) is 5.56 Å². The van der Waals surface area contributed by atoms with Crippen molar-refractivity contribution in [2.45, 2.75) is 26.8 Å². The van der Waals surface area contributed by atoms with Crippen LogP contribution < -0.4 is 4.90 Å². The van der Waals surface area contributed by atoms with Crippen LogP contribution in [0.25, 0.3) is 0 Å². The molecule has 0 fully saturated rings. The van der Waals surface area contributed by atoms with E-state index in [9.17, 15) is 5.26 Å². The summed E-state index contributed by atoms with van der Waals surface area (Å²) in [6, 6.07) is 9.81. The summed E-state index contributed by atoms with van der Waals surface area (Å²) in [6.45, 7) is 4.36. The van der Waals surface area contributed by atoms with E-state index in [1.807, 2.05) is 31.2 Å². The normalized spacial score (nSPS) is 10.1. The molecule has 0 bridgehead atoms. The molecule has 0 amide bonds. The highest BCUT2D eigenvalue weighted by atomic mass is 16.5. The number of hydrogen-bond donors (Lipinski definition) is 0. The summed E-state index contributed by atoms with van der Waals surface area (Å²) in [5.41, 5.74) is 2.86. The van der Waals surface area contributed by atoms with Gasteiger partial charge < -0.3 is 4.52 Å². The number of aromatic nitrogens is 1. The molecule has 0 saturated carbocycles. The van der Waals surface area contributed by atoms with Crippen molar-refractivity contribution in [1.82, 2.24) is 5.16 Å². The van der Waals surface area contributed by atoms with Gasteiger partial charge in [-0.05, 0) is 31.0 Å². The zero-order valence-electron chi connectivity index (χ0n) is 10.6. The molecule has 0 aliphatic heterocycles. The average molecular weight is 241 g/mol. The van der Waals surface area contributed by atoms with Crippen molar-refractivity contribution < 1.29 is 4.52 Å². The summed E-state index contributed by atoms with van der Waals surface area (Å²) in [4.78, 5) is 1.61. The number of hydrogen-bond acceptors (Lipinski definition) is 4. The first-order valence-electron chi connectivity index (χ1n) is 5.91. The molecule has 1 aromatic heterocycles. The fraction of sp³-hybridized carbons (Fsp3) is 0.286. The maximum absolute atomic E-state index is 9.23. The summed E-state index contributed by atoms with van der Waals surface area (Å²) in [6.07, 6.45) is 3.13. The van der Waals surface area contributed by atoms with Crippen LogP contribution in [-0.2, 0) is 13.0 Å². The van der Waals surface area contributed by atoms with Crippen LogP contribution in [0.3, 0.4) is 0 Å². The van der Waals surface area contributed by atoms with Crippen molar-refractivity contribution in [3.63, 3.8) is 0 Å². The molecule has 0 spiro atoms. The number of nitrogens with zero attached hydrogens (tertiary/aromatic N) is 3. The smallest absolute Gasteiger partial charge is 0.184 e. The van der Waals surface area contributed by atoms with Gasteiger partial charge in [0.05, 0.1) is 12.2 Å². The van der Waals surface area contributed by atoms with Crippen LogP contribution in [0.5, 0.6) is 0 Å². The zero-order valence-corrected chi connectivity index (χ0v) is 10.6. The lowest BCUT2D eigenvalue weighted by molar-refractivity contribution is 0.390. The Labute approximate surface area is 106 Å². The Bertz CT molecular complexity index is 568. The number of aryl methyl sites for hydroxylation is 2. The Morgan fingerprint density at radius 1 is 1.39 bits per heavy atom. The van der Waals surface area contributed by atoms with Gasteiger partial charge in [-0.3, -0.25) is 4.90 Å². The Morgan fingerprint density at radius 3 is 2.83 bits per heavy atom. The summed E-state index contributed by atoms with van der Waals surface area (Å²) in [5.74, 6) is 0.755. The minimum Gasteiger partial charge on any atom is -0.361 e. The van der Waals surface area contributed by atoms with Gasteiger partial charge in [0.2, 0.25) is 0 Å².